The second-order valence-electron chi connectivity index (χ2n) is 8.23. The zero-order valence-corrected chi connectivity index (χ0v) is 15.0. The molecule has 1 N–H and O–H groups in total. The highest BCUT2D eigenvalue weighted by molar-refractivity contribution is 5.68. The molecule has 1 rings (SSSR count). The van der Waals surface area contributed by atoms with E-state index in [2.05, 4.69) is 33.0 Å². The number of ether oxygens (including phenoxy) is 1. The SMILES string of the molecule is CC(C)C(C)NCC1(C)CCCN(C(=O)OC(C)(C)C)C1. The van der Waals surface area contributed by atoms with Crippen molar-refractivity contribution < 1.29 is 9.53 Å². The number of nitrogens with zero attached hydrogens (tertiary/aromatic N) is 1. The summed E-state index contributed by atoms with van der Waals surface area (Å²) in [5, 5.41) is 3.62. The molecule has 1 aliphatic heterocycles. The molecule has 0 radical (unpaired) electrons. The summed E-state index contributed by atoms with van der Waals surface area (Å²) in [6.07, 6.45) is 2.03. The maximum Gasteiger partial charge on any atom is 0.410 e. The summed E-state index contributed by atoms with van der Waals surface area (Å²) in [5.74, 6) is 0.624. The molecule has 1 heterocycles. The molecule has 2 atom stereocenters. The van der Waals surface area contributed by atoms with Crippen molar-refractivity contribution in [3.05, 3.63) is 0 Å². The van der Waals surface area contributed by atoms with E-state index in [1.54, 1.807) is 0 Å². The summed E-state index contributed by atoms with van der Waals surface area (Å²) < 4.78 is 5.50. The maximum atomic E-state index is 12.2. The van der Waals surface area contributed by atoms with Crippen molar-refractivity contribution >= 4 is 6.09 Å². The van der Waals surface area contributed by atoms with Gasteiger partial charge in [0.05, 0.1) is 0 Å². The van der Waals surface area contributed by atoms with Gasteiger partial charge in [0.1, 0.15) is 5.60 Å². The molecule has 1 fully saturated rings. The average molecular weight is 298 g/mol. The molecule has 0 spiro atoms. The Morgan fingerprint density at radius 1 is 1.33 bits per heavy atom. The number of nitrogens with one attached hydrogen (secondary N) is 1. The van der Waals surface area contributed by atoms with E-state index in [0.29, 0.717) is 12.0 Å². The Morgan fingerprint density at radius 2 is 1.95 bits per heavy atom. The first-order valence-corrected chi connectivity index (χ1v) is 8.24. The standard InChI is InChI=1S/C17H34N2O2/c1-13(2)14(3)18-11-17(7)9-8-10-19(12-17)15(20)21-16(4,5)6/h13-14,18H,8-12H2,1-7H3. The normalized spacial score (nSPS) is 25.0. The number of hydrogen-bond donors (Lipinski definition) is 1. The highest BCUT2D eigenvalue weighted by atomic mass is 16.6. The predicted molar refractivity (Wildman–Crippen MR) is 87.5 cm³/mol. The number of piperidine rings is 1. The van der Waals surface area contributed by atoms with Gasteiger partial charge in [0, 0.05) is 25.7 Å². The van der Waals surface area contributed by atoms with Gasteiger partial charge in [0.25, 0.3) is 0 Å². The molecule has 1 amide bonds. The van der Waals surface area contributed by atoms with Crippen LogP contribution in [-0.2, 0) is 4.74 Å². The van der Waals surface area contributed by atoms with Crippen molar-refractivity contribution in [3.8, 4) is 0 Å². The van der Waals surface area contributed by atoms with Crippen LogP contribution in [0.3, 0.4) is 0 Å². The summed E-state index contributed by atoms with van der Waals surface area (Å²) in [5.41, 5.74) is -0.284. The van der Waals surface area contributed by atoms with E-state index in [-0.39, 0.29) is 11.5 Å². The third-order valence-corrected chi connectivity index (χ3v) is 4.28. The Hall–Kier alpha value is -0.770. The molecule has 21 heavy (non-hydrogen) atoms. The summed E-state index contributed by atoms with van der Waals surface area (Å²) in [7, 11) is 0. The van der Waals surface area contributed by atoms with Crippen molar-refractivity contribution in [2.24, 2.45) is 11.3 Å². The Kier molecular flexibility index (Phi) is 6.09. The van der Waals surface area contributed by atoms with Gasteiger partial charge < -0.3 is 15.0 Å². The minimum atomic E-state index is -0.421. The smallest absolute Gasteiger partial charge is 0.410 e. The van der Waals surface area contributed by atoms with Crippen molar-refractivity contribution in [3.63, 3.8) is 0 Å². The van der Waals surface area contributed by atoms with Crippen LogP contribution in [0, 0.1) is 11.3 Å². The van der Waals surface area contributed by atoms with Crippen LogP contribution in [-0.4, -0.2) is 42.3 Å². The van der Waals surface area contributed by atoms with Gasteiger partial charge in [-0.05, 0) is 51.9 Å². The lowest BCUT2D eigenvalue weighted by Crippen LogP contribution is -2.51. The Balaban J connectivity index is 2.56. The van der Waals surface area contributed by atoms with Crippen LogP contribution in [0.5, 0.6) is 0 Å². The number of carbonyl (C=O) groups is 1. The van der Waals surface area contributed by atoms with Crippen LogP contribution in [0.15, 0.2) is 0 Å². The molecule has 4 nitrogen and oxygen atoms in total. The Labute approximate surface area is 130 Å². The van der Waals surface area contributed by atoms with E-state index in [1.807, 2.05) is 25.7 Å². The zero-order valence-electron chi connectivity index (χ0n) is 15.0. The van der Waals surface area contributed by atoms with Gasteiger partial charge >= 0.3 is 6.09 Å². The molecule has 124 valence electrons. The van der Waals surface area contributed by atoms with E-state index < -0.39 is 5.60 Å². The molecule has 4 heteroatoms. The van der Waals surface area contributed by atoms with Crippen LogP contribution in [0.25, 0.3) is 0 Å². The minimum Gasteiger partial charge on any atom is -0.444 e. The topological polar surface area (TPSA) is 41.6 Å². The van der Waals surface area contributed by atoms with Gasteiger partial charge in [-0.2, -0.15) is 0 Å². The Morgan fingerprint density at radius 3 is 2.48 bits per heavy atom. The molecule has 0 aliphatic carbocycles. The Bertz CT molecular complexity index is 349. The molecule has 0 bridgehead atoms. The van der Waals surface area contributed by atoms with Crippen LogP contribution < -0.4 is 5.32 Å². The lowest BCUT2D eigenvalue weighted by atomic mass is 9.81. The van der Waals surface area contributed by atoms with Crippen molar-refractivity contribution in [1.29, 1.82) is 0 Å². The molecule has 1 saturated heterocycles. The van der Waals surface area contributed by atoms with E-state index in [0.717, 1.165) is 32.5 Å². The van der Waals surface area contributed by atoms with Crippen molar-refractivity contribution in [2.45, 2.75) is 73.0 Å². The van der Waals surface area contributed by atoms with E-state index in [9.17, 15) is 4.79 Å². The maximum absolute atomic E-state index is 12.2. The highest BCUT2D eigenvalue weighted by Crippen LogP contribution is 2.30. The number of carbonyl (C=O) groups excluding carboxylic acids is 1. The fourth-order valence-electron chi connectivity index (χ4n) is 2.59. The fraction of sp³-hybridized carbons (Fsp3) is 0.941. The molecule has 0 aromatic heterocycles. The van der Waals surface area contributed by atoms with Crippen molar-refractivity contribution in [2.75, 3.05) is 19.6 Å². The van der Waals surface area contributed by atoms with E-state index in [4.69, 9.17) is 4.74 Å². The largest absolute Gasteiger partial charge is 0.444 e. The first-order chi connectivity index (χ1) is 9.52. The summed E-state index contributed by atoms with van der Waals surface area (Å²) in [4.78, 5) is 14.1. The first-order valence-electron chi connectivity index (χ1n) is 8.24. The van der Waals surface area contributed by atoms with Gasteiger partial charge in [0.2, 0.25) is 0 Å². The van der Waals surface area contributed by atoms with Gasteiger partial charge in [-0.15, -0.1) is 0 Å². The number of hydrogen-bond acceptors (Lipinski definition) is 3. The van der Waals surface area contributed by atoms with Crippen LogP contribution in [0.2, 0.25) is 0 Å². The minimum absolute atomic E-state index is 0.137. The van der Waals surface area contributed by atoms with Gasteiger partial charge in [-0.3, -0.25) is 0 Å². The van der Waals surface area contributed by atoms with Crippen LogP contribution >= 0.6 is 0 Å². The summed E-state index contributed by atoms with van der Waals surface area (Å²) >= 11 is 0. The lowest BCUT2D eigenvalue weighted by Gasteiger charge is -2.41. The van der Waals surface area contributed by atoms with E-state index >= 15 is 0 Å². The second kappa shape index (κ2) is 6.99. The summed E-state index contributed by atoms with van der Waals surface area (Å²) in [6, 6.07) is 0.499. The predicted octanol–water partition coefficient (Wildman–Crippen LogP) is 3.66. The monoisotopic (exact) mass is 298 g/mol. The lowest BCUT2D eigenvalue weighted by molar-refractivity contribution is 0.00636. The molecule has 2 unspecified atom stereocenters. The van der Waals surface area contributed by atoms with Gasteiger partial charge in [0.15, 0.2) is 0 Å². The molecular weight excluding hydrogens is 264 g/mol. The number of rotatable bonds is 4. The van der Waals surface area contributed by atoms with Gasteiger partial charge in [-0.25, -0.2) is 4.79 Å². The average Bonchev–Trinajstić information content (AvgIpc) is 2.34. The summed E-state index contributed by atoms with van der Waals surface area (Å²) in [6.45, 7) is 17.2. The quantitative estimate of drug-likeness (QED) is 0.861. The zero-order chi connectivity index (χ0) is 16.3. The highest BCUT2D eigenvalue weighted by Gasteiger charge is 2.35. The van der Waals surface area contributed by atoms with E-state index in [1.165, 1.54) is 0 Å². The molecular formula is C17H34N2O2. The van der Waals surface area contributed by atoms with Gasteiger partial charge in [-0.1, -0.05) is 20.8 Å². The molecule has 0 saturated carbocycles. The first kappa shape index (κ1) is 18.3. The second-order valence-corrected chi connectivity index (χ2v) is 8.23. The fourth-order valence-corrected chi connectivity index (χ4v) is 2.59. The molecule has 0 aromatic rings. The third kappa shape index (κ3) is 6.25. The third-order valence-electron chi connectivity index (χ3n) is 4.28. The van der Waals surface area contributed by atoms with Crippen LogP contribution in [0.4, 0.5) is 4.79 Å². The van der Waals surface area contributed by atoms with Crippen molar-refractivity contribution in [1.82, 2.24) is 10.2 Å². The number of amides is 1. The van der Waals surface area contributed by atoms with Crippen LogP contribution in [0.1, 0.15) is 61.3 Å². The number of likely N-dealkylation sites (tertiary alicyclic amines) is 1. The molecule has 1 aliphatic rings. The molecule has 0 aromatic carbocycles.